The van der Waals surface area contributed by atoms with Gasteiger partial charge in [0.25, 0.3) is 0 Å². The standard InChI is InChI=1S/C12H7ClF3NO/c1-6-8-3-2-7(12(14,15)16)4-10(8)17-11(13)9(6)5-18/h2-5H,1H3. The first kappa shape index (κ1) is 12.8. The van der Waals surface area contributed by atoms with E-state index in [4.69, 9.17) is 11.6 Å². The summed E-state index contributed by atoms with van der Waals surface area (Å²) in [5.41, 5.74) is 0.0485. The minimum atomic E-state index is -4.43. The fraction of sp³-hybridized carbons (Fsp3) is 0.167. The zero-order chi connectivity index (χ0) is 13.5. The van der Waals surface area contributed by atoms with E-state index in [-0.39, 0.29) is 16.2 Å². The van der Waals surface area contributed by atoms with Crippen LogP contribution in [-0.2, 0) is 6.18 Å². The molecule has 2 rings (SSSR count). The Morgan fingerprint density at radius 2 is 2.00 bits per heavy atom. The third kappa shape index (κ3) is 2.06. The third-order valence-electron chi connectivity index (χ3n) is 2.69. The van der Waals surface area contributed by atoms with E-state index in [2.05, 4.69) is 4.98 Å². The second-order valence-corrected chi connectivity index (χ2v) is 4.15. The van der Waals surface area contributed by atoms with Crippen LogP contribution in [0.3, 0.4) is 0 Å². The summed E-state index contributed by atoms with van der Waals surface area (Å²) < 4.78 is 37.6. The molecular formula is C12H7ClF3NO. The smallest absolute Gasteiger partial charge is 0.298 e. The lowest BCUT2D eigenvalue weighted by Gasteiger charge is -2.10. The first-order chi connectivity index (χ1) is 8.34. The molecule has 1 aromatic heterocycles. The van der Waals surface area contributed by atoms with Gasteiger partial charge >= 0.3 is 6.18 Å². The number of aromatic nitrogens is 1. The van der Waals surface area contributed by atoms with Crippen molar-refractivity contribution in [3.63, 3.8) is 0 Å². The number of alkyl halides is 3. The number of fused-ring (bicyclic) bond motifs is 1. The highest BCUT2D eigenvalue weighted by Gasteiger charge is 2.30. The predicted octanol–water partition coefficient (Wildman–Crippen LogP) is 4.03. The van der Waals surface area contributed by atoms with Crippen LogP contribution in [0.4, 0.5) is 13.2 Å². The van der Waals surface area contributed by atoms with Crippen molar-refractivity contribution in [3.8, 4) is 0 Å². The summed E-state index contributed by atoms with van der Waals surface area (Å²) in [5.74, 6) is 0. The van der Waals surface area contributed by atoms with Gasteiger partial charge in [-0.2, -0.15) is 13.2 Å². The first-order valence-electron chi connectivity index (χ1n) is 4.97. The first-order valence-corrected chi connectivity index (χ1v) is 5.34. The molecule has 0 radical (unpaired) electrons. The molecule has 94 valence electrons. The molecule has 0 aliphatic heterocycles. The Bertz CT molecular complexity index is 637. The molecule has 0 N–H and O–H groups in total. The molecule has 0 saturated carbocycles. The number of carbonyl (C=O) groups excluding carboxylic acids is 1. The van der Waals surface area contributed by atoms with Crippen molar-refractivity contribution in [2.75, 3.05) is 0 Å². The fourth-order valence-electron chi connectivity index (χ4n) is 1.72. The van der Waals surface area contributed by atoms with Gasteiger partial charge in [0.2, 0.25) is 0 Å². The number of rotatable bonds is 1. The Kier molecular flexibility index (Phi) is 3.02. The lowest BCUT2D eigenvalue weighted by molar-refractivity contribution is -0.137. The topological polar surface area (TPSA) is 30.0 Å². The van der Waals surface area contributed by atoms with E-state index in [1.165, 1.54) is 6.07 Å². The minimum absolute atomic E-state index is 0.0886. The lowest BCUT2D eigenvalue weighted by atomic mass is 10.0. The van der Waals surface area contributed by atoms with Gasteiger partial charge in [0.1, 0.15) is 5.15 Å². The zero-order valence-corrected chi connectivity index (χ0v) is 9.93. The van der Waals surface area contributed by atoms with Gasteiger partial charge in [0.15, 0.2) is 6.29 Å². The van der Waals surface area contributed by atoms with Crippen molar-refractivity contribution in [2.24, 2.45) is 0 Å². The summed E-state index contributed by atoms with van der Waals surface area (Å²) in [4.78, 5) is 14.6. The molecule has 0 spiro atoms. The largest absolute Gasteiger partial charge is 0.416 e. The lowest BCUT2D eigenvalue weighted by Crippen LogP contribution is -2.05. The summed E-state index contributed by atoms with van der Waals surface area (Å²) in [6, 6.07) is 3.17. The quantitative estimate of drug-likeness (QED) is 0.580. The van der Waals surface area contributed by atoms with E-state index in [0.29, 0.717) is 17.2 Å². The number of hydrogen-bond acceptors (Lipinski definition) is 2. The molecule has 2 nitrogen and oxygen atoms in total. The van der Waals surface area contributed by atoms with Crippen molar-refractivity contribution in [2.45, 2.75) is 13.1 Å². The highest BCUT2D eigenvalue weighted by Crippen LogP contribution is 2.33. The maximum absolute atomic E-state index is 12.5. The third-order valence-corrected chi connectivity index (χ3v) is 2.98. The van der Waals surface area contributed by atoms with E-state index in [1.54, 1.807) is 6.92 Å². The van der Waals surface area contributed by atoms with Crippen molar-refractivity contribution in [1.29, 1.82) is 0 Å². The van der Waals surface area contributed by atoms with Crippen molar-refractivity contribution >= 4 is 28.8 Å². The Hall–Kier alpha value is -1.62. The zero-order valence-electron chi connectivity index (χ0n) is 9.18. The summed E-state index contributed by atoms with van der Waals surface area (Å²) in [6.07, 6.45) is -3.89. The van der Waals surface area contributed by atoms with Gasteiger partial charge in [-0.3, -0.25) is 4.79 Å². The van der Waals surface area contributed by atoms with Gasteiger partial charge < -0.3 is 0 Å². The molecule has 0 bridgehead atoms. The van der Waals surface area contributed by atoms with Crippen molar-refractivity contribution in [3.05, 3.63) is 40.0 Å². The molecule has 6 heteroatoms. The summed E-state index contributed by atoms with van der Waals surface area (Å²) in [6.45, 7) is 1.62. The molecule has 0 fully saturated rings. The molecule has 18 heavy (non-hydrogen) atoms. The van der Waals surface area contributed by atoms with Crippen LogP contribution in [0.5, 0.6) is 0 Å². The minimum Gasteiger partial charge on any atom is -0.298 e. The van der Waals surface area contributed by atoms with Crippen LogP contribution in [0.2, 0.25) is 5.15 Å². The summed E-state index contributed by atoms with van der Waals surface area (Å²) >= 11 is 5.75. The summed E-state index contributed by atoms with van der Waals surface area (Å²) in [7, 11) is 0. The van der Waals surface area contributed by atoms with Crippen LogP contribution in [0.15, 0.2) is 18.2 Å². The van der Waals surface area contributed by atoms with Crippen LogP contribution in [0.1, 0.15) is 21.5 Å². The molecule has 1 aromatic carbocycles. The van der Waals surface area contributed by atoms with Gasteiger partial charge in [0, 0.05) is 5.39 Å². The van der Waals surface area contributed by atoms with E-state index < -0.39 is 11.7 Å². The second kappa shape index (κ2) is 4.24. The van der Waals surface area contributed by atoms with Crippen LogP contribution >= 0.6 is 11.6 Å². The number of aryl methyl sites for hydroxylation is 1. The molecule has 0 aliphatic carbocycles. The maximum atomic E-state index is 12.5. The van der Waals surface area contributed by atoms with Gasteiger partial charge in [-0.1, -0.05) is 17.7 Å². The molecule has 2 aromatic rings. The Labute approximate surface area is 105 Å². The number of carbonyl (C=O) groups is 1. The Morgan fingerprint density at radius 3 is 2.56 bits per heavy atom. The van der Waals surface area contributed by atoms with Gasteiger partial charge in [-0.05, 0) is 24.6 Å². The molecule has 0 amide bonds. The van der Waals surface area contributed by atoms with Crippen LogP contribution in [-0.4, -0.2) is 11.3 Å². The van der Waals surface area contributed by atoms with Crippen LogP contribution in [0.25, 0.3) is 10.9 Å². The highest BCUT2D eigenvalue weighted by atomic mass is 35.5. The fourth-order valence-corrected chi connectivity index (χ4v) is 2.00. The highest BCUT2D eigenvalue weighted by molar-refractivity contribution is 6.32. The van der Waals surface area contributed by atoms with E-state index >= 15 is 0 Å². The van der Waals surface area contributed by atoms with E-state index in [9.17, 15) is 18.0 Å². The predicted molar refractivity (Wildman–Crippen MR) is 61.9 cm³/mol. The maximum Gasteiger partial charge on any atom is 0.416 e. The summed E-state index contributed by atoms with van der Waals surface area (Å²) in [5, 5.41) is 0.392. The monoisotopic (exact) mass is 273 g/mol. The number of aldehydes is 1. The molecular weight excluding hydrogens is 267 g/mol. The van der Waals surface area contributed by atoms with Crippen molar-refractivity contribution in [1.82, 2.24) is 4.98 Å². The number of nitrogens with zero attached hydrogens (tertiary/aromatic N) is 1. The van der Waals surface area contributed by atoms with E-state index in [0.717, 1.165) is 12.1 Å². The normalized spacial score (nSPS) is 11.8. The Morgan fingerprint density at radius 1 is 1.33 bits per heavy atom. The SMILES string of the molecule is Cc1c(C=O)c(Cl)nc2cc(C(F)(F)F)ccc12. The average Bonchev–Trinajstić information content (AvgIpc) is 2.27. The van der Waals surface area contributed by atoms with E-state index in [1.807, 2.05) is 0 Å². The molecule has 0 aliphatic rings. The van der Waals surface area contributed by atoms with Gasteiger partial charge in [-0.15, -0.1) is 0 Å². The van der Waals surface area contributed by atoms with Gasteiger partial charge in [0.05, 0.1) is 16.6 Å². The molecule has 0 atom stereocenters. The Balaban J connectivity index is 2.77. The van der Waals surface area contributed by atoms with Crippen LogP contribution < -0.4 is 0 Å². The molecule has 1 heterocycles. The number of halogens is 4. The molecule has 0 saturated heterocycles. The number of hydrogen-bond donors (Lipinski definition) is 0. The van der Waals surface area contributed by atoms with Crippen molar-refractivity contribution < 1.29 is 18.0 Å². The molecule has 0 unspecified atom stereocenters. The second-order valence-electron chi connectivity index (χ2n) is 3.79. The van der Waals surface area contributed by atoms with Gasteiger partial charge in [-0.25, -0.2) is 4.98 Å². The number of benzene rings is 1. The average molecular weight is 274 g/mol. The van der Waals surface area contributed by atoms with Crippen LogP contribution in [0, 0.1) is 6.92 Å². The number of pyridine rings is 1.